The Labute approximate surface area is 88.8 Å². The van der Waals surface area contributed by atoms with Crippen molar-refractivity contribution in [3.05, 3.63) is 0 Å². The van der Waals surface area contributed by atoms with Gasteiger partial charge in [-0.2, -0.15) is 0 Å². The molecule has 5 nitrogen and oxygen atoms in total. The maximum absolute atomic E-state index is 11.4. The van der Waals surface area contributed by atoms with Crippen LogP contribution in [-0.2, 0) is 14.3 Å². The van der Waals surface area contributed by atoms with Gasteiger partial charge in [-0.1, -0.05) is 12.8 Å². The summed E-state index contributed by atoms with van der Waals surface area (Å²) in [7, 11) is 0. The quantitative estimate of drug-likeness (QED) is 0.701. The lowest BCUT2D eigenvalue weighted by atomic mass is 9.98. The topological polar surface area (TPSA) is 75.6 Å². The lowest BCUT2D eigenvalue weighted by Crippen LogP contribution is -2.53. The van der Waals surface area contributed by atoms with E-state index in [9.17, 15) is 9.59 Å². The minimum Gasteiger partial charge on any atom is -0.480 e. The third kappa shape index (κ3) is 2.92. The first kappa shape index (κ1) is 12.0. The fraction of sp³-hybridized carbons (Fsp3) is 0.800. The first-order valence-corrected chi connectivity index (χ1v) is 5.23. The van der Waals surface area contributed by atoms with Crippen LogP contribution in [0.5, 0.6) is 0 Å². The van der Waals surface area contributed by atoms with Crippen LogP contribution in [0.1, 0.15) is 32.6 Å². The van der Waals surface area contributed by atoms with Gasteiger partial charge >= 0.3 is 5.97 Å². The lowest BCUT2D eigenvalue weighted by molar-refractivity contribution is -0.148. The van der Waals surface area contributed by atoms with E-state index in [0.717, 1.165) is 12.8 Å². The molecule has 1 saturated carbocycles. The second kappa shape index (κ2) is 5.11. The molecule has 1 aliphatic carbocycles. The number of nitrogens with one attached hydrogen (secondary N) is 1. The van der Waals surface area contributed by atoms with Crippen LogP contribution in [-0.4, -0.2) is 35.7 Å². The molecule has 0 radical (unpaired) electrons. The molecule has 0 aliphatic heterocycles. The standard InChI is InChI=1S/C10H17NO4/c1-2-15-7-8(12)11-10(9(13)14)5-3-4-6-10/h2-7H2,1H3,(H,11,12)(H,13,14). The van der Waals surface area contributed by atoms with Crippen molar-refractivity contribution in [3.8, 4) is 0 Å². The molecule has 0 aromatic carbocycles. The molecule has 15 heavy (non-hydrogen) atoms. The summed E-state index contributed by atoms with van der Waals surface area (Å²) < 4.78 is 4.93. The summed E-state index contributed by atoms with van der Waals surface area (Å²) in [6, 6.07) is 0. The summed E-state index contributed by atoms with van der Waals surface area (Å²) in [5.74, 6) is -1.29. The minimum absolute atomic E-state index is 0.0640. The highest BCUT2D eigenvalue weighted by atomic mass is 16.5. The minimum atomic E-state index is -1.05. The van der Waals surface area contributed by atoms with Crippen LogP contribution in [0, 0.1) is 0 Å². The number of ether oxygens (including phenoxy) is 1. The smallest absolute Gasteiger partial charge is 0.329 e. The number of amides is 1. The van der Waals surface area contributed by atoms with Crippen LogP contribution in [0.3, 0.4) is 0 Å². The number of rotatable bonds is 5. The molecular weight excluding hydrogens is 198 g/mol. The molecule has 0 bridgehead atoms. The van der Waals surface area contributed by atoms with Gasteiger partial charge in [-0.05, 0) is 19.8 Å². The summed E-state index contributed by atoms with van der Waals surface area (Å²) in [6.45, 7) is 2.18. The molecule has 0 heterocycles. The molecule has 0 unspecified atom stereocenters. The van der Waals surface area contributed by atoms with Crippen LogP contribution < -0.4 is 5.32 Å². The third-order valence-electron chi connectivity index (χ3n) is 2.68. The van der Waals surface area contributed by atoms with Gasteiger partial charge in [0, 0.05) is 6.61 Å². The number of carbonyl (C=O) groups is 2. The summed E-state index contributed by atoms with van der Waals surface area (Å²) >= 11 is 0. The van der Waals surface area contributed by atoms with E-state index in [-0.39, 0.29) is 12.5 Å². The Morgan fingerprint density at radius 3 is 2.47 bits per heavy atom. The highest BCUT2D eigenvalue weighted by Crippen LogP contribution is 2.29. The Bertz CT molecular complexity index is 246. The molecule has 0 atom stereocenters. The Morgan fingerprint density at radius 1 is 1.40 bits per heavy atom. The predicted octanol–water partition coefficient (Wildman–Crippen LogP) is 0.536. The molecular formula is C10H17NO4. The van der Waals surface area contributed by atoms with Crippen molar-refractivity contribution in [1.82, 2.24) is 5.32 Å². The predicted molar refractivity (Wildman–Crippen MR) is 53.5 cm³/mol. The van der Waals surface area contributed by atoms with Gasteiger partial charge in [-0.25, -0.2) is 4.79 Å². The van der Waals surface area contributed by atoms with E-state index >= 15 is 0 Å². The van der Waals surface area contributed by atoms with Crippen LogP contribution in [0.25, 0.3) is 0 Å². The SMILES string of the molecule is CCOCC(=O)NC1(C(=O)O)CCCC1. The van der Waals surface area contributed by atoms with Crippen LogP contribution >= 0.6 is 0 Å². The van der Waals surface area contributed by atoms with Crippen molar-refractivity contribution in [2.24, 2.45) is 0 Å². The number of carboxylic acids is 1. The van der Waals surface area contributed by atoms with E-state index < -0.39 is 11.5 Å². The summed E-state index contributed by atoms with van der Waals surface area (Å²) in [5, 5.41) is 11.6. The van der Waals surface area contributed by atoms with Gasteiger partial charge in [0.05, 0.1) is 0 Å². The summed E-state index contributed by atoms with van der Waals surface area (Å²) in [5.41, 5.74) is -1.05. The Kier molecular flexibility index (Phi) is 4.08. The average Bonchev–Trinajstić information content (AvgIpc) is 2.64. The summed E-state index contributed by atoms with van der Waals surface area (Å²) in [4.78, 5) is 22.4. The van der Waals surface area contributed by atoms with Crippen molar-refractivity contribution in [2.45, 2.75) is 38.1 Å². The molecule has 86 valence electrons. The van der Waals surface area contributed by atoms with Gasteiger partial charge in [0.2, 0.25) is 5.91 Å². The fourth-order valence-corrected chi connectivity index (χ4v) is 1.87. The van der Waals surface area contributed by atoms with Gasteiger partial charge in [0.25, 0.3) is 0 Å². The zero-order chi connectivity index (χ0) is 11.3. The molecule has 1 rings (SSSR count). The van der Waals surface area contributed by atoms with E-state index in [2.05, 4.69) is 5.32 Å². The fourth-order valence-electron chi connectivity index (χ4n) is 1.87. The van der Waals surface area contributed by atoms with Crippen molar-refractivity contribution in [3.63, 3.8) is 0 Å². The van der Waals surface area contributed by atoms with Crippen molar-refractivity contribution < 1.29 is 19.4 Å². The van der Waals surface area contributed by atoms with Crippen LogP contribution in [0.15, 0.2) is 0 Å². The maximum Gasteiger partial charge on any atom is 0.329 e. The molecule has 1 amide bonds. The monoisotopic (exact) mass is 215 g/mol. The third-order valence-corrected chi connectivity index (χ3v) is 2.68. The largest absolute Gasteiger partial charge is 0.480 e. The average molecular weight is 215 g/mol. The van der Waals surface area contributed by atoms with Gasteiger partial charge < -0.3 is 15.2 Å². The number of carbonyl (C=O) groups excluding carboxylic acids is 1. The maximum atomic E-state index is 11.4. The number of aliphatic carboxylic acids is 1. The van der Waals surface area contributed by atoms with Gasteiger partial charge in [0.1, 0.15) is 12.1 Å². The molecule has 0 aromatic heterocycles. The van der Waals surface area contributed by atoms with E-state index in [4.69, 9.17) is 9.84 Å². The molecule has 1 aliphatic rings. The first-order valence-electron chi connectivity index (χ1n) is 5.23. The zero-order valence-corrected chi connectivity index (χ0v) is 8.91. The molecule has 0 spiro atoms. The van der Waals surface area contributed by atoms with Crippen molar-refractivity contribution in [2.75, 3.05) is 13.2 Å². The molecule has 5 heteroatoms. The summed E-state index contributed by atoms with van der Waals surface area (Å²) in [6.07, 6.45) is 2.73. The van der Waals surface area contributed by atoms with Gasteiger partial charge in [0.15, 0.2) is 0 Å². The second-order valence-corrected chi connectivity index (χ2v) is 3.78. The second-order valence-electron chi connectivity index (χ2n) is 3.78. The Morgan fingerprint density at radius 2 is 2.00 bits per heavy atom. The number of hydrogen-bond acceptors (Lipinski definition) is 3. The van der Waals surface area contributed by atoms with Crippen LogP contribution in [0.4, 0.5) is 0 Å². The number of hydrogen-bond donors (Lipinski definition) is 2. The molecule has 0 saturated heterocycles. The molecule has 2 N–H and O–H groups in total. The van der Waals surface area contributed by atoms with Gasteiger partial charge in [-0.15, -0.1) is 0 Å². The number of carboxylic acid groups (broad SMARTS) is 1. The van der Waals surface area contributed by atoms with Crippen LogP contribution in [0.2, 0.25) is 0 Å². The van der Waals surface area contributed by atoms with E-state index in [0.29, 0.717) is 19.4 Å². The molecule has 1 fully saturated rings. The van der Waals surface area contributed by atoms with E-state index in [1.807, 2.05) is 0 Å². The van der Waals surface area contributed by atoms with E-state index in [1.165, 1.54) is 0 Å². The normalized spacial score (nSPS) is 18.7. The molecule has 0 aromatic rings. The Balaban J connectivity index is 2.52. The lowest BCUT2D eigenvalue weighted by Gasteiger charge is -2.25. The highest BCUT2D eigenvalue weighted by Gasteiger charge is 2.42. The highest BCUT2D eigenvalue weighted by molar-refractivity contribution is 5.87. The van der Waals surface area contributed by atoms with Crippen molar-refractivity contribution >= 4 is 11.9 Å². The van der Waals surface area contributed by atoms with Crippen molar-refractivity contribution in [1.29, 1.82) is 0 Å². The zero-order valence-electron chi connectivity index (χ0n) is 8.91. The van der Waals surface area contributed by atoms with E-state index in [1.54, 1.807) is 6.92 Å². The first-order chi connectivity index (χ1) is 7.10. The Hall–Kier alpha value is -1.10. The van der Waals surface area contributed by atoms with Gasteiger partial charge in [-0.3, -0.25) is 4.79 Å².